The average Bonchev–Trinajstić information content (AvgIpc) is 2.77. The maximum Gasteiger partial charge on any atom is 0.132 e. The fraction of sp³-hybridized carbons (Fsp3) is 0.188. The SMILES string of the molecule is Cc1ccc(-n2c(C(C)Cl)nc3cc(Cl)ccc32)c(Br)c1. The van der Waals surface area contributed by atoms with Gasteiger partial charge in [-0.05, 0) is 65.7 Å². The number of benzene rings is 2. The summed E-state index contributed by atoms with van der Waals surface area (Å²) in [6.07, 6.45) is 0. The highest BCUT2D eigenvalue weighted by Gasteiger charge is 2.18. The maximum atomic E-state index is 6.32. The number of aryl methyl sites for hydroxylation is 1. The fourth-order valence-electron chi connectivity index (χ4n) is 2.39. The largest absolute Gasteiger partial charge is 0.294 e. The maximum absolute atomic E-state index is 6.32. The number of halogens is 3. The number of rotatable bonds is 2. The van der Waals surface area contributed by atoms with E-state index in [2.05, 4.69) is 50.6 Å². The van der Waals surface area contributed by atoms with Gasteiger partial charge in [0.2, 0.25) is 0 Å². The molecule has 21 heavy (non-hydrogen) atoms. The molecule has 2 nitrogen and oxygen atoms in total. The molecule has 1 atom stereocenters. The van der Waals surface area contributed by atoms with Crippen LogP contribution < -0.4 is 0 Å². The van der Waals surface area contributed by atoms with E-state index in [9.17, 15) is 0 Å². The molecule has 0 radical (unpaired) electrons. The van der Waals surface area contributed by atoms with E-state index in [-0.39, 0.29) is 5.38 Å². The Morgan fingerprint density at radius 2 is 1.95 bits per heavy atom. The summed E-state index contributed by atoms with van der Waals surface area (Å²) in [7, 11) is 0. The normalized spacial score (nSPS) is 12.8. The van der Waals surface area contributed by atoms with E-state index in [0.29, 0.717) is 5.02 Å². The fourth-order valence-corrected chi connectivity index (χ4v) is 3.37. The molecule has 0 saturated heterocycles. The lowest BCUT2D eigenvalue weighted by Crippen LogP contribution is -2.02. The van der Waals surface area contributed by atoms with Crippen molar-refractivity contribution in [3.8, 4) is 5.69 Å². The standard InChI is InChI=1S/C16H13BrCl2N2/c1-9-3-5-14(12(17)7-9)21-15-6-4-11(19)8-13(15)20-16(21)10(2)18/h3-8,10H,1-2H3. The number of aromatic nitrogens is 2. The topological polar surface area (TPSA) is 17.8 Å². The molecule has 0 amide bonds. The Balaban J connectivity index is 2.36. The minimum atomic E-state index is -0.204. The Hall–Kier alpha value is -1.03. The third-order valence-corrected chi connectivity index (χ3v) is 4.41. The molecule has 108 valence electrons. The van der Waals surface area contributed by atoms with Crippen LogP contribution in [0.25, 0.3) is 16.7 Å². The molecule has 1 unspecified atom stereocenters. The van der Waals surface area contributed by atoms with E-state index < -0.39 is 0 Å². The van der Waals surface area contributed by atoms with E-state index in [1.807, 2.05) is 25.1 Å². The first kappa shape index (κ1) is 14.9. The first-order chi connectivity index (χ1) is 9.97. The number of hydrogen-bond donors (Lipinski definition) is 0. The van der Waals surface area contributed by atoms with Crippen LogP contribution in [0, 0.1) is 6.92 Å². The van der Waals surface area contributed by atoms with Gasteiger partial charge in [-0.1, -0.05) is 17.7 Å². The first-order valence-electron chi connectivity index (χ1n) is 6.56. The molecule has 0 aliphatic rings. The number of hydrogen-bond acceptors (Lipinski definition) is 1. The van der Waals surface area contributed by atoms with Crippen molar-refractivity contribution >= 4 is 50.2 Å². The predicted octanol–water partition coefficient (Wildman–Crippen LogP) is 6.05. The third-order valence-electron chi connectivity index (χ3n) is 3.34. The highest BCUT2D eigenvalue weighted by molar-refractivity contribution is 9.10. The van der Waals surface area contributed by atoms with Crippen LogP contribution >= 0.6 is 39.1 Å². The predicted molar refractivity (Wildman–Crippen MR) is 92.8 cm³/mol. The van der Waals surface area contributed by atoms with Gasteiger partial charge in [0, 0.05) is 9.50 Å². The molecule has 0 aliphatic carbocycles. The van der Waals surface area contributed by atoms with Crippen molar-refractivity contribution < 1.29 is 0 Å². The second-order valence-corrected chi connectivity index (χ2v) is 6.95. The quantitative estimate of drug-likeness (QED) is 0.492. The molecule has 0 fully saturated rings. The van der Waals surface area contributed by atoms with Crippen LogP contribution in [0.1, 0.15) is 23.7 Å². The zero-order valence-electron chi connectivity index (χ0n) is 11.6. The van der Waals surface area contributed by atoms with Gasteiger partial charge in [-0.15, -0.1) is 11.6 Å². The van der Waals surface area contributed by atoms with Crippen molar-refractivity contribution in [3.05, 3.63) is 57.3 Å². The van der Waals surface area contributed by atoms with E-state index in [0.717, 1.165) is 27.0 Å². The van der Waals surface area contributed by atoms with E-state index in [1.165, 1.54) is 5.56 Å². The van der Waals surface area contributed by atoms with Gasteiger partial charge < -0.3 is 0 Å². The van der Waals surface area contributed by atoms with Crippen LogP contribution in [0.5, 0.6) is 0 Å². The van der Waals surface area contributed by atoms with Crippen LogP contribution in [0.15, 0.2) is 40.9 Å². The summed E-state index contributed by atoms with van der Waals surface area (Å²) in [6, 6.07) is 11.9. The second kappa shape index (κ2) is 5.64. The number of nitrogens with zero attached hydrogens (tertiary/aromatic N) is 2. The Morgan fingerprint density at radius 1 is 1.19 bits per heavy atom. The van der Waals surface area contributed by atoms with Gasteiger partial charge in [0.05, 0.1) is 22.1 Å². The van der Waals surface area contributed by atoms with Gasteiger partial charge in [-0.25, -0.2) is 4.98 Å². The Kier molecular flexibility index (Phi) is 4.00. The Bertz CT molecular complexity index is 825. The van der Waals surface area contributed by atoms with Crippen molar-refractivity contribution in [2.75, 3.05) is 0 Å². The lowest BCUT2D eigenvalue weighted by molar-refractivity contribution is 0.880. The molecule has 0 aliphatic heterocycles. The molecule has 3 rings (SSSR count). The van der Waals surface area contributed by atoms with Crippen molar-refractivity contribution in [1.29, 1.82) is 0 Å². The molecule has 0 spiro atoms. The molecular formula is C16H13BrCl2N2. The smallest absolute Gasteiger partial charge is 0.132 e. The summed E-state index contributed by atoms with van der Waals surface area (Å²) < 4.78 is 3.09. The Labute approximate surface area is 141 Å². The van der Waals surface area contributed by atoms with Gasteiger partial charge in [0.1, 0.15) is 5.82 Å². The van der Waals surface area contributed by atoms with Gasteiger partial charge in [-0.3, -0.25) is 4.57 Å². The zero-order chi connectivity index (χ0) is 15.1. The summed E-state index contributed by atoms with van der Waals surface area (Å²) in [5.41, 5.74) is 4.05. The van der Waals surface area contributed by atoms with Crippen LogP contribution in [-0.2, 0) is 0 Å². The van der Waals surface area contributed by atoms with Crippen LogP contribution in [0.3, 0.4) is 0 Å². The minimum Gasteiger partial charge on any atom is -0.294 e. The summed E-state index contributed by atoms with van der Waals surface area (Å²) >= 11 is 16.0. The van der Waals surface area contributed by atoms with E-state index in [4.69, 9.17) is 23.2 Å². The van der Waals surface area contributed by atoms with E-state index in [1.54, 1.807) is 0 Å². The van der Waals surface area contributed by atoms with Crippen molar-refractivity contribution in [3.63, 3.8) is 0 Å². The average molecular weight is 384 g/mol. The van der Waals surface area contributed by atoms with Crippen LogP contribution in [0.4, 0.5) is 0 Å². The summed E-state index contributed by atoms with van der Waals surface area (Å²) in [5, 5.41) is 0.466. The number of alkyl halides is 1. The molecule has 1 heterocycles. The molecule has 0 saturated carbocycles. The second-order valence-electron chi connectivity index (χ2n) is 5.01. The number of fused-ring (bicyclic) bond motifs is 1. The highest BCUT2D eigenvalue weighted by atomic mass is 79.9. The van der Waals surface area contributed by atoms with Gasteiger partial charge in [-0.2, -0.15) is 0 Å². The first-order valence-corrected chi connectivity index (χ1v) is 8.16. The molecule has 2 aromatic carbocycles. The van der Waals surface area contributed by atoms with Crippen molar-refractivity contribution in [1.82, 2.24) is 9.55 Å². The lowest BCUT2D eigenvalue weighted by Gasteiger charge is -2.13. The zero-order valence-corrected chi connectivity index (χ0v) is 14.7. The van der Waals surface area contributed by atoms with Gasteiger partial charge in [0.15, 0.2) is 0 Å². The summed E-state index contributed by atoms with van der Waals surface area (Å²) in [4.78, 5) is 4.64. The van der Waals surface area contributed by atoms with Gasteiger partial charge >= 0.3 is 0 Å². The number of imidazole rings is 1. The summed E-state index contributed by atoms with van der Waals surface area (Å²) in [5.74, 6) is 0.804. The molecule has 3 aromatic rings. The molecule has 0 bridgehead atoms. The monoisotopic (exact) mass is 382 g/mol. The van der Waals surface area contributed by atoms with Crippen molar-refractivity contribution in [2.24, 2.45) is 0 Å². The third kappa shape index (κ3) is 2.70. The van der Waals surface area contributed by atoms with Crippen molar-refractivity contribution in [2.45, 2.75) is 19.2 Å². The van der Waals surface area contributed by atoms with Crippen LogP contribution in [-0.4, -0.2) is 9.55 Å². The van der Waals surface area contributed by atoms with Gasteiger partial charge in [0.25, 0.3) is 0 Å². The van der Waals surface area contributed by atoms with E-state index >= 15 is 0 Å². The molecular weight excluding hydrogens is 371 g/mol. The molecule has 0 N–H and O–H groups in total. The minimum absolute atomic E-state index is 0.204. The molecule has 5 heteroatoms. The van der Waals surface area contributed by atoms with Crippen LogP contribution in [0.2, 0.25) is 5.02 Å². The lowest BCUT2D eigenvalue weighted by atomic mass is 10.2. The Morgan fingerprint density at radius 3 is 2.62 bits per heavy atom. The highest BCUT2D eigenvalue weighted by Crippen LogP contribution is 2.32. The summed E-state index contributed by atoms with van der Waals surface area (Å²) in [6.45, 7) is 3.98. The molecule has 1 aromatic heterocycles.